The molecule has 2 aromatic carbocycles. The maximum absolute atomic E-state index is 5.75. The average Bonchev–Trinajstić information content (AvgIpc) is 2.97. The summed E-state index contributed by atoms with van der Waals surface area (Å²) in [5.41, 5.74) is 0.998. The van der Waals surface area contributed by atoms with E-state index in [4.69, 9.17) is 26.8 Å². The molecule has 1 aromatic heterocycles. The molecule has 0 spiro atoms. The quantitative estimate of drug-likeness (QED) is 0.555. The zero-order valence-corrected chi connectivity index (χ0v) is 16.6. The molecule has 6 nitrogen and oxygen atoms in total. The first-order valence-corrected chi connectivity index (χ1v) is 9.14. The highest BCUT2D eigenvalue weighted by Gasteiger charge is 2.11. The molecule has 0 radical (unpaired) electrons. The van der Waals surface area contributed by atoms with Crippen LogP contribution in [0, 0.1) is 4.77 Å². The fourth-order valence-corrected chi connectivity index (χ4v) is 2.89. The van der Waals surface area contributed by atoms with Gasteiger partial charge in [0.15, 0.2) is 10.6 Å². The van der Waals surface area contributed by atoms with Gasteiger partial charge in [-0.15, -0.1) is 0 Å². The smallest absolute Gasteiger partial charge is 0.199 e. The summed E-state index contributed by atoms with van der Waals surface area (Å²) < 4.78 is 15.4. The van der Waals surface area contributed by atoms with Crippen molar-refractivity contribution >= 4 is 12.2 Å². The van der Waals surface area contributed by atoms with Crippen molar-refractivity contribution in [1.82, 2.24) is 19.2 Å². The summed E-state index contributed by atoms with van der Waals surface area (Å²) in [7, 11) is 5.62. The van der Waals surface area contributed by atoms with Gasteiger partial charge >= 0.3 is 0 Å². The van der Waals surface area contributed by atoms with Crippen LogP contribution in [0.15, 0.2) is 54.6 Å². The van der Waals surface area contributed by atoms with Crippen molar-refractivity contribution in [3.63, 3.8) is 0 Å². The van der Waals surface area contributed by atoms with Crippen LogP contribution in [-0.4, -0.2) is 46.6 Å². The molecule has 1 heterocycles. The lowest BCUT2D eigenvalue weighted by molar-refractivity contribution is 0.198. The summed E-state index contributed by atoms with van der Waals surface area (Å²) in [6.45, 7) is 1.97. The highest BCUT2D eigenvalue weighted by atomic mass is 32.1. The Morgan fingerprint density at radius 3 is 2.41 bits per heavy atom. The zero-order valence-electron chi connectivity index (χ0n) is 15.8. The number of nitrogens with zero attached hydrogens (tertiary/aromatic N) is 4. The number of methoxy groups -OCH3 is 1. The number of hydrogen-bond donors (Lipinski definition) is 0. The van der Waals surface area contributed by atoms with Gasteiger partial charge in [0.25, 0.3) is 0 Å². The first-order valence-electron chi connectivity index (χ1n) is 8.73. The minimum Gasteiger partial charge on any atom is -0.497 e. The molecule has 27 heavy (non-hydrogen) atoms. The van der Waals surface area contributed by atoms with Crippen LogP contribution in [0.1, 0.15) is 0 Å². The van der Waals surface area contributed by atoms with Crippen molar-refractivity contribution in [3.8, 4) is 22.9 Å². The van der Waals surface area contributed by atoms with Crippen molar-refractivity contribution in [2.75, 3.05) is 27.3 Å². The number of likely N-dealkylation sites (N-methyl/N-ethyl adjacent to an activating group) is 1. The molecular formula is C20H24N4O2S. The first kappa shape index (κ1) is 19.1. The fourth-order valence-electron chi connectivity index (χ4n) is 2.71. The summed E-state index contributed by atoms with van der Waals surface area (Å²) in [4.78, 5) is 2.13. The van der Waals surface area contributed by atoms with E-state index >= 15 is 0 Å². The third kappa shape index (κ3) is 4.75. The number of ether oxygens (including phenoxy) is 2. The Kier molecular flexibility index (Phi) is 6.26. The molecule has 0 amide bonds. The summed E-state index contributed by atoms with van der Waals surface area (Å²) in [5.74, 6) is 2.52. The van der Waals surface area contributed by atoms with Gasteiger partial charge in [-0.1, -0.05) is 18.2 Å². The molecule has 0 aliphatic rings. The van der Waals surface area contributed by atoms with Gasteiger partial charge in [0, 0.05) is 19.2 Å². The standard InChI is InChI=1S/C20H24N4O2S/c1-22(13-14-26-18-7-5-4-6-8-18)15-24-20(27)23(2)19(21-24)16-9-11-17(25-3)12-10-16/h4-12H,13-15H2,1-3H3. The van der Waals surface area contributed by atoms with E-state index < -0.39 is 0 Å². The lowest BCUT2D eigenvalue weighted by Crippen LogP contribution is -2.27. The maximum Gasteiger partial charge on any atom is 0.199 e. The number of rotatable bonds is 8. The van der Waals surface area contributed by atoms with Crippen LogP contribution in [0.5, 0.6) is 11.5 Å². The third-order valence-electron chi connectivity index (χ3n) is 4.25. The van der Waals surface area contributed by atoms with Crippen LogP contribution in [-0.2, 0) is 13.7 Å². The molecule has 142 valence electrons. The summed E-state index contributed by atoms with van der Waals surface area (Å²) in [6, 6.07) is 17.6. The normalized spacial score (nSPS) is 11.0. The van der Waals surface area contributed by atoms with E-state index in [-0.39, 0.29) is 0 Å². The monoisotopic (exact) mass is 384 g/mol. The highest BCUT2D eigenvalue weighted by molar-refractivity contribution is 7.71. The van der Waals surface area contributed by atoms with Gasteiger partial charge < -0.3 is 14.0 Å². The molecule has 7 heteroatoms. The SMILES string of the molecule is COc1ccc(-c2nn(CN(C)CCOc3ccccc3)c(=S)n2C)cc1. The van der Waals surface area contributed by atoms with Crippen LogP contribution < -0.4 is 9.47 Å². The van der Waals surface area contributed by atoms with E-state index in [1.165, 1.54) is 0 Å². The largest absolute Gasteiger partial charge is 0.497 e. The van der Waals surface area contributed by atoms with Gasteiger partial charge in [-0.3, -0.25) is 4.90 Å². The Morgan fingerprint density at radius 2 is 1.74 bits per heavy atom. The number of aromatic nitrogens is 3. The molecular weight excluding hydrogens is 360 g/mol. The van der Waals surface area contributed by atoms with Crippen molar-refractivity contribution in [3.05, 3.63) is 59.4 Å². The lowest BCUT2D eigenvalue weighted by atomic mass is 10.2. The first-order chi connectivity index (χ1) is 13.1. The second-order valence-electron chi connectivity index (χ2n) is 6.28. The van der Waals surface area contributed by atoms with Crippen molar-refractivity contribution in [2.24, 2.45) is 7.05 Å². The minimum atomic E-state index is 0.598. The Hall–Kier alpha value is -2.64. The van der Waals surface area contributed by atoms with Gasteiger partial charge in [0.1, 0.15) is 18.1 Å². The van der Waals surface area contributed by atoms with E-state index in [1.54, 1.807) is 7.11 Å². The van der Waals surface area contributed by atoms with Crippen LogP contribution >= 0.6 is 12.2 Å². The van der Waals surface area contributed by atoms with Crippen molar-refractivity contribution in [1.29, 1.82) is 0 Å². The molecule has 3 aromatic rings. The molecule has 0 bridgehead atoms. The molecule has 0 saturated carbocycles. The van der Waals surface area contributed by atoms with E-state index in [0.29, 0.717) is 18.0 Å². The van der Waals surface area contributed by atoms with Gasteiger partial charge in [-0.25, -0.2) is 4.68 Å². The highest BCUT2D eigenvalue weighted by Crippen LogP contribution is 2.21. The van der Waals surface area contributed by atoms with E-state index in [0.717, 1.165) is 29.4 Å². The van der Waals surface area contributed by atoms with Crippen molar-refractivity contribution < 1.29 is 9.47 Å². The van der Waals surface area contributed by atoms with Gasteiger partial charge in [-0.2, -0.15) is 5.10 Å². The summed E-state index contributed by atoms with van der Waals surface area (Å²) >= 11 is 5.55. The average molecular weight is 385 g/mol. The third-order valence-corrected chi connectivity index (χ3v) is 4.73. The molecule has 0 unspecified atom stereocenters. The summed E-state index contributed by atoms with van der Waals surface area (Å²) in [6.07, 6.45) is 0. The zero-order chi connectivity index (χ0) is 19.2. The molecule has 3 rings (SSSR count). The Balaban J connectivity index is 1.63. The van der Waals surface area contributed by atoms with Crippen LogP contribution in [0.4, 0.5) is 0 Å². The van der Waals surface area contributed by atoms with Crippen molar-refractivity contribution in [2.45, 2.75) is 6.67 Å². The van der Waals surface area contributed by atoms with E-state index in [9.17, 15) is 0 Å². The topological polar surface area (TPSA) is 44.4 Å². The molecule has 0 atom stereocenters. The Morgan fingerprint density at radius 1 is 1.04 bits per heavy atom. The predicted molar refractivity (Wildman–Crippen MR) is 109 cm³/mol. The molecule has 0 aliphatic carbocycles. The van der Waals surface area contributed by atoms with Gasteiger partial charge in [0.2, 0.25) is 0 Å². The second-order valence-corrected chi connectivity index (χ2v) is 6.64. The number of benzene rings is 2. The summed E-state index contributed by atoms with van der Waals surface area (Å²) in [5, 5.41) is 4.69. The Bertz CT molecular complexity index is 919. The molecule has 0 N–H and O–H groups in total. The number of hydrogen-bond acceptors (Lipinski definition) is 5. The molecule has 0 fully saturated rings. The van der Waals surface area contributed by atoms with E-state index in [1.807, 2.05) is 77.9 Å². The molecule has 0 saturated heterocycles. The van der Waals surface area contributed by atoms with Crippen LogP contribution in [0.2, 0.25) is 0 Å². The van der Waals surface area contributed by atoms with Crippen LogP contribution in [0.25, 0.3) is 11.4 Å². The van der Waals surface area contributed by atoms with Crippen LogP contribution in [0.3, 0.4) is 0 Å². The van der Waals surface area contributed by atoms with Gasteiger partial charge in [0.05, 0.1) is 13.8 Å². The minimum absolute atomic E-state index is 0.598. The van der Waals surface area contributed by atoms with Gasteiger partial charge in [-0.05, 0) is 55.7 Å². The molecule has 0 aliphatic heterocycles. The maximum atomic E-state index is 5.75. The van der Waals surface area contributed by atoms with E-state index in [2.05, 4.69) is 4.90 Å². The Labute approximate surface area is 164 Å². The number of para-hydroxylation sites is 1. The lowest BCUT2D eigenvalue weighted by Gasteiger charge is -2.16. The predicted octanol–water partition coefficient (Wildman–Crippen LogP) is 3.59. The fraction of sp³-hybridized carbons (Fsp3) is 0.300. The second kappa shape index (κ2) is 8.83.